The zero-order valence-corrected chi connectivity index (χ0v) is 17.5. The maximum absolute atomic E-state index is 12.6. The third-order valence-electron chi connectivity index (χ3n) is 9.45. The minimum atomic E-state index is -1.26. The second-order valence-electron chi connectivity index (χ2n) is 10.4. The van der Waals surface area contributed by atoms with E-state index in [2.05, 4.69) is 0 Å². The van der Waals surface area contributed by atoms with Crippen molar-refractivity contribution in [1.82, 2.24) is 0 Å². The first-order valence-corrected chi connectivity index (χ1v) is 11.2. The van der Waals surface area contributed by atoms with Crippen molar-refractivity contribution in [3.8, 4) is 0 Å². The van der Waals surface area contributed by atoms with Crippen LogP contribution in [-0.2, 0) is 9.53 Å². The fourth-order valence-electron chi connectivity index (χ4n) is 8.02. The van der Waals surface area contributed by atoms with Gasteiger partial charge in [0.05, 0.1) is 42.5 Å². The summed E-state index contributed by atoms with van der Waals surface area (Å²) in [5.41, 5.74) is -4.17. The Morgan fingerprint density at radius 2 is 1.79 bits per heavy atom. The summed E-state index contributed by atoms with van der Waals surface area (Å²) in [6, 6.07) is 0. The van der Waals surface area contributed by atoms with Gasteiger partial charge in [-0.25, -0.2) is 0 Å². The van der Waals surface area contributed by atoms with Crippen LogP contribution in [0.4, 0.5) is 0 Å². The molecule has 166 valence electrons. The lowest BCUT2D eigenvalue weighted by molar-refractivity contribution is -0.293. The largest absolute Gasteiger partial charge is 0.466 e. The summed E-state index contributed by atoms with van der Waals surface area (Å²) in [5.74, 6) is -1.58. The van der Waals surface area contributed by atoms with Crippen molar-refractivity contribution in [1.29, 1.82) is 0 Å². The third-order valence-corrected chi connectivity index (χ3v) is 9.45. The molecule has 0 amide bonds. The van der Waals surface area contributed by atoms with Crippen LogP contribution in [0, 0.1) is 28.6 Å². The van der Waals surface area contributed by atoms with Crippen molar-refractivity contribution in [2.24, 2.45) is 28.6 Å². The highest BCUT2D eigenvalue weighted by molar-refractivity contribution is 5.74. The maximum Gasteiger partial charge on any atom is 0.309 e. The number of ether oxygens (including phenoxy) is 1. The van der Waals surface area contributed by atoms with Crippen molar-refractivity contribution < 1.29 is 35.1 Å². The fourth-order valence-corrected chi connectivity index (χ4v) is 8.02. The number of carbonyl (C=O) groups is 1. The zero-order chi connectivity index (χ0) is 21.2. The van der Waals surface area contributed by atoms with Gasteiger partial charge in [-0.15, -0.1) is 0 Å². The predicted octanol–water partition coefficient (Wildman–Crippen LogP) is 0.742. The second kappa shape index (κ2) is 6.89. The van der Waals surface area contributed by atoms with Gasteiger partial charge < -0.3 is 30.3 Å². The van der Waals surface area contributed by atoms with Gasteiger partial charge in [0.15, 0.2) is 0 Å². The Bertz CT molecular complexity index is 670. The zero-order valence-electron chi connectivity index (χ0n) is 17.5. The van der Waals surface area contributed by atoms with E-state index >= 15 is 0 Å². The first kappa shape index (κ1) is 21.5. The Balaban J connectivity index is 1.74. The molecule has 4 saturated carbocycles. The fraction of sp³-hybridized carbons (Fsp3) is 0.955. The molecule has 0 bridgehead atoms. The van der Waals surface area contributed by atoms with Crippen molar-refractivity contribution in [2.45, 2.75) is 88.6 Å². The van der Waals surface area contributed by atoms with E-state index in [1.807, 2.05) is 6.92 Å². The first-order valence-electron chi connectivity index (χ1n) is 11.2. The lowest BCUT2D eigenvalue weighted by Gasteiger charge is -2.67. The molecule has 0 spiro atoms. The van der Waals surface area contributed by atoms with Crippen LogP contribution in [0.15, 0.2) is 0 Å². The molecule has 9 atom stereocenters. The summed E-state index contributed by atoms with van der Waals surface area (Å²) >= 11 is 0. The van der Waals surface area contributed by atoms with Gasteiger partial charge in [0.25, 0.3) is 0 Å². The highest BCUT2D eigenvalue weighted by Gasteiger charge is 2.73. The summed E-state index contributed by atoms with van der Waals surface area (Å²) < 4.78 is 5.27. The van der Waals surface area contributed by atoms with Crippen LogP contribution in [0.2, 0.25) is 0 Å². The number of carbonyl (C=O) groups excluding carboxylic acids is 1. The Morgan fingerprint density at radius 3 is 2.45 bits per heavy atom. The van der Waals surface area contributed by atoms with Crippen LogP contribution < -0.4 is 0 Å². The molecular formula is C22H36O7. The molecule has 0 heterocycles. The van der Waals surface area contributed by atoms with Gasteiger partial charge in [-0.3, -0.25) is 4.79 Å². The summed E-state index contributed by atoms with van der Waals surface area (Å²) in [4.78, 5) is 12.6. The Labute approximate surface area is 172 Å². The van der Waals surface area contributed by atoms with Crippen LogP contribution in [0.3, 0.4) is 0 Å². The molecule has 0 aromatic heterocycles. The lowest BCUT2D eigenvalue weighted by atomic mass is 9.41. The Kier molecular flexibility index (Phi) is 5.11. The monoisotopic (exact) mass is 412 g/mol. The molecule has 5 N–H and O–H groups in total. The van der Waals surface area contributed by atoms with Crippen LogP contribution in [0.1, 0.15) is 65.2 Å². The van der Waals surface area contributed by atoms with Gasteiger partial charge in [0.1, 0.15) is 0 Å². The molecular weight excluding hydrogens is 376 g/mol. The van der Waals surface area contributed by atoms with E-state index in [4.69, 9.17) is 4.74 Å². The molecule has 0 aromatic rings. The lowest BCUT2D eigenvalue weighted by Crippen LogP contribution is -2.72. The summed E-state index contributed by atoms with van der Waals surface area (Å²) in [7, 11) is 0. The summed E-state index contributed by atoms with van der Waals surface area (Å²) in [6.07, 6.45) is 1.63. The minimum absolute atomic E-state index is 0.185. The molecule has 4 fully saturated rings. The van der Waals surface area contributed by atoms with Gasteiger partial charge in [0.2, 0.25) is 0 Å². The number of hydrogen-bond donors (Lipinski definition) is 5. The van der Waals surface area contributed by atoms with Gasteiger partial charge in [-0.2, -0.15) is 0 Å². The van der Waals surface area contributed by atoms with Crippen molar-refractivity contribution in [3.63, 3.8) is 0 Å². The highest BCUT2D eigenvalue weighted by Crippen LogP contribution is 2.69. The smallest absolute Gasteiger partial charge is 0.309 e. The minimum Gasteiger partial charge on any atom is -0.466 e. The topological polar surface area (TPSA) is 127 Å². The molecule has 4 aliphatic carbocycles. The standard InChI is InChI=1S/C22H36O7/c1-3-29-18(26)15-6-9-22(28)14-5-8-21(27)10-13(24)4-7-20(21,12-23)17(14)16(25)11-19(15,22)2/h13-17,23-25,27-28H,3-12H2,1-2H3/t13-,14-,15-,16-,17-,19+,20-,21+,22-/m0/s1. The number of aliphatic hydroxyl groups is 5. The molecule has 0 aromatic carbocycles. The van der Waals surface area contributed by atoms with E-state index in [1.165, 1.54) is 0 Å². The van der Waals surface area contributed by atoms with Gasteiger partial charge in [-0.1, -0.05) is 6.92 Å². The van der Waals surface area contributed by atoms with Crippen LogP contribution in [0.5, 0.6) is 0 Å². The van der Waals surface area contributed by atoms with Crippen LogP contribution >= 0.6 is 0 Å². The number of rotatable bonds is 3. The highest BCUT2D eigenvalue weighted by atomic mass is 16.5. The number of hydrogen-bond acceptors (Lipinski definition) is 7. The average Bonchev–Trinajstić information content (AvgIpc) is 2.92. The van der Waals surface area contributed by atoms with Gasteiger partial charge in [0, 0.05) is 23.2 Å². The molecule has 4 aliphatic rings. The van der Waals surface area contributed by atoms with E-state index in [9.17, 15) is 30.3 Å². The Hall–Kier alpha value is -0.730. The van der Waals surface area contributed by atoms with Gasteiger partial charge >= 0.3 is 5.97 Å². The number of fused-ring (bicyclic) bond motifs is 5. The van der Waals surface area contributed by atoms with Crippen molar-refractivity contribution in [3.05, 3.63) is 0 Å². The Morgan fingerprint density at radius 1 is 1.07 bits per heavy atom. The second-order valence-corrected chi connectivity index (χ2v) is 10.4. The molecule has 4 rings (SSSR count). The van der Waals surface area contributed by atoms with Crippen molar-refractivity contribution in [2.75, 3.05) is 13.2 Å². The van der Waals surface area contributed by atoms with E-state index < -0.39 is 46.1 Å². The molecule has 7 heteroatoms. The van der Waals surface area contributed by atoms with E-state index in [0.29, 0.717) is 38.5 Å². The molecule has 0 aliphatic heterocycles. The van der Waals surface area contributed by atoms with E-state index in [1.54, 1.807) is 6.92 Å². The predicted molar refractivity (Wildman–Crippen MR) is 104 cm³/mol. The van der Waals surface area contributed by atoms with Crippen molar-refractivity contribution >= 4 is 5.97 Å². The number of esters is 1. The van der Waals surface area contributed by atoms with Crippen LogP contribution in [0.25, 0.3) is 0 Å². The van der Waals surface area contributed by atoms with Gasteiger partial charge in [-0.05, 0) is 57.8 Å². The first-order chi connectivity index (χ1) is 13.6. The molecule has 29 heavy (non-hydrogen) atoms. The summed E-state index contributed by atoms with van der Waals surface area (Å²) in [5, 5.41) is 55.4. The normalized spacial score (nSPS) is 54.2. The average molecular weight is 413 g/mol. The third kappa shape index (κ3) is 2.64. The van der Waals surface area contributed by atoms with Crippen LogP contribution in [-0.4, -0.2) is 68.1 Å². The van der Waals surface area contributed by atoms with E-state index in [0.717, 1.165) is 0 Å². The number of aliphatic hydroxyl groups excluding tert-OH is 3. The SMILES string of the molecule is CCOC(=O)[C@@H]1CC[C@]2(O)[C@H]3CC[C@@]4(O)C[C@@H](O)CC[C@]4(CO)[C@@H]3[C@@H](O)C[C@]12C. The molecule has 0 saturated heterocycles. The quantitative estimate of drug-likeness (QED) is 0.433. The molecule has 7 nitrogen and oxygen atoms in total. The summed E-state index contributed by atoms with van der Waals surface area (Å²) in [6.45, 7) is 3.64. The molecule has 0 radical (unpaired) electrons. The maximum atomic E-state index is 12.6. The van der Waals surface area contributed by atoms with E-state index in [-0.39, 0.29) is 37.9 Å². The molecule has 0 unspecified atom stereocenters.